The Bertz CT molecular complexity index is 592. The number of carbonyl (C=O) groups is 2. The summed E-state index contributed by atoms with van der Waals surface area (Å²) in [7, 11) is 0. The molecule has 23 heavy (non-hydrogen) atoms. The summed E-state index contributed by atoms with van der Waals surface area (Å²) in [5.74, 6) is 1.32. The summed E-state index contributed by atoms with van der Waals surface area (Å²) in [6.45, 7) is 6.10. The molecule has 0 amide bonds. The molecule has 3 heteroatoms. The van der Waals surface area contributed by atoms with Crippen molar-refractivity contribution in [2.75, 3.05) is 0 Å². The fourth-order valence-electron chi connectivity index (χ4n) is 6.60. The van der Waals surface area contributed by atoms with Crippen LogP contribution < -0.4 is 0 Å². The first-order valence-corrected chi connectivity index (χ1v) is 9.30. The van der Waals surface area contributed by atoms with Gasteiger partial charge in [-0.3, -0.25) is 9.59 Å². The lowest BCUT2D eigenvalue weighted by molar-refractivity contribution is -0.156. The van der Waals surface area contributed by atoms with Crippen molar-refractivity contribution in [2.45, 2.75) is 71.8 Å². The number of rotatable bonds is 1. The van der Waals surface area contributed by atoms with Crippen LogP contribution in [0.2, 0.25) is 0 Å². The van der Waals surface area contributed by atoms with E-state index in [1.54, 1.807) is 0 Å². The Morgan fingerprint density at radius 1 is 1.17 bits per heavy atom. The highest BCUT2D eigenvalue weighted by atomic mass is 16.5. The maximum absolute atomic E-state index is 13.2. The molecule has 0 aromatic heterocycles. The Morgan fingerprint density at radius 2 is 1.96 bits per heavy atom. The normalized spacial score (nSPS) is 48.3. The average Bonchev–Trinajstić information content (AvgIpc) is 2.93. The molecule has 0 aromatic carbocycles. The Kier molecular flexibility index (Phi) is 3.31. The second kappa shape index (κ2) is 4.94. The van der Waals surface area contributed by atoms with Gasteiger partial charge in [0.05, 0.1) is 0 Å². The largest absolute Gasteiger partial charge is 0.462 e. The van der Waals surface area contributed by atoms with E-state index in [-0.39, 0.29) is 28.8 Å². The minimum absolute atomic E-state index is 0.00293. The number of ketones is 1. The van der Waals surface area contributed by atoms with Crippen LogP contribution in [0.15, 0.2) is 11.6 Å². The van der Waals surface area contributed by atoms with Gasteiger partial charge in [0.1, 0.15) is 6.10 Å². The third kappa shape index (κ3) is 1.94. The molecule has 0 N–H and O–H groups in total. The molecule has 126 valence electrons. The summed E-state index contributed by atoms with van der Waals surface area (Å²) in [4.78, 5) is 24.7. The zero-order valence-corrected chi connectivity index (χ0v) is 14.6. The van der Waals surface area contributed by atoms with E-state index in [4.69, 9.17) is 4.74 Å². The van der Waals surface area contributed by atoms with Crippen LogP contribution in [-0.2, 0) is 14.3 Å². The minimum atomic E-state index is -0.180. The Balaban J connectivity index is 1.69. The predicted molar refractivity (Wildman–Crippen MR) is 87.6 cm³/mol. The van der Waals surface area contributed by atoms with E-state index in [2.05, 4.69) is 19.9 Å². The first kappa shape index (κ1) is 15.4. The quantitative estimate of drug-likeness (QED) is 0.685. The van der Waals surface area contributed by atoms with Crippen molar-refractivity contribution in [3.63, 3.8) is 0 Å². The third-order valence-electron chi connectivity index (χ3n) is 7.74. The van der Waals surface area contributed by atoms with Crippen LogP contribution in [0.5, 0.6) is 0 Å². The fourth-order valence-corrected chi connectivity index (χ4v) is 6.60. The summed E-state index contributed by atoms with van der Waals surface area (Å²) in [5.41, 5.74) is 1.24. The average molecular weight is 316 g/mol. The number of hydrogen-bond donors (Lipinski definition) is 0. The molecule has 3 saturated carbocycles. The van der Waals surface area contributed by atoms with Gasteiger partial charge in [-0.15, -0.1) is 0 Å². The first-order valence-electron chi connectivity index (χ1n) is 9.30. The maximum Gasteiger partial charge on any atom is 0.302 e. The van der Waals surface area contributed by atoms with Gasteiger partial charge in [-0.2, -0.15) is 0 Å². The van der Waals surface area contributed by atoms with Gasteiger partial charge in [0.2, 0.25) is 0 Å². The monoisotopic (exact) mass is 316 g/mol. The summed E-state index contributed by atoms with van der Waals surface area (Å²) in [6.07, 6.45) is 9.84. The van der Waals surface area contributed by atoms with Gasteiger partial charge >= 0.3 is 5.97 Å². The molecule has 4 aliphatic carbocycles. The van der Waals surface area contributed by atoms with Crippen molar-refractivity contribution in [1.29, 1.82) is 0 Å². The summed E-state index contributed by atoms with van der Waals surface area (Å²) in [5, 5.41) is 0. The summed E-state index contributed by atoms with van der Waals surface area (Å²) in [6, 6.07) is 0. The summed E-state index contributed by atoms with van der Waals surface area (Å²) < 4.78 is 5.65. The lowest BCUT2D eigenvalue weighted by Gasteiger charge is -2.48. The zero-order valence-electron chi connectivity index (χ0n) is 14.6. The molecule has 0 spiro atoms. The molecule has 0 heterocycles. The van der Waals surface area contributed by atoms with E-state index in [1.807, 2.05) is 0 Å². The lowest BCUT2D eigenvalue weighted by atomic mass is 9.56. The molecule has 0 saturated heterocycles. The van der Waals surface area contributed by atoms with Gasteiger partial charge < -0.3 is 4.74 Å². The van der Waals surface area contributed by atoms with Crippen molar-refractivity contribution < 1.29 is 14.3 Å². The van der Waals surface area contributed by atoms with Crippen LogP contribution in [0, 0.1) is 28.6 Å². The number of ether oxygens (including phenoxy) is 1. The molecular weight excluding hydrogens is 288 g/mol. The van der Waals surface area contributed by atoms with Crippen LogP contribution in [0.1, 0.15) is 65.7 Å². The Hall–Kier alpha value is -1.12. The number of carbonyl (C=O) groups excluding carboxylic acids is 2. The molecule has 6 atom stereocenters. The minimum Gasteiger partial charge on any atom is -0.462 e. The van der Waals surface area contributed by atoms with E-state index in [0.717, 1.165) is 37.7 Å². The topological polar surface area (TPSA) is 43.4 Å². The van der Waals surface area contributed by atoms with Crippen molar-refractivity contribution in [3.8, 4) is 0 Å². The highest BCUT2D eigenvalue weighted by molar-refractivity contribution is 6.02. The SMILES string of the molecule is CC(=O)O[C@H]1CC[C@H]2[C@@H]3C(=O)C4=CCCC[C@]4(C)[C@H]3CC[C@]12C. The Morgan fingerprint density at radius 3 is 2.70 bits per heavy atom. The molecule has 0 unspecified atom stereocenters. The molecule has 4 aliphatic rings. The van der Waals surface area contributed by atoms with Crippen LogP contribution >= 0.6 is 0 Å². The van der Waals surface area contributed by atoms with Crippen LogP contribution in [0.3, 0.4) is 0 Å². The highest BCUT2D eigenvalue weighted by Crippen LogP contribution is 2.66. The molecule has 0 radical (unpaired) electrons. The van der Waals surface area contributed by atoms with E-state index in [0.29, 0.717) is 17.6 Å². The molecule has 0 bridgehead atoms. The van der Waals surface area contributed by atoms with Gasteiger partial charge in [-0.05, 0) is 67.8 Å². The zero-order chi connectivity index (χ0) is 16.4. The number of allylic oxidation sites excluding steroid dienone is 2. The van der Waals surface area contributed by atoms with E-state index >= 15 is 0 Å². The number of hydrogen-bond acceptors (Lipinski definition) is 3. The van der Waals surface area contributed by atoms with Crippen LogP contribution in [0.4, 0.5) is 0 Å². The van der Waals surface area contributed by atoms with Gasteiger partial charge in [0.15, 0.2) is 5.78 Å². The van der Waals surface area contributed by atoms with Crippen LogP contribution in [0.25, 0.3) is 0 Å². The van der Waals surface area contributed by atoms with E-state index < -0.39 is 0 Å². The molecule has 0 aliphatic heterocycles. The first-order chi connectivity index (χ1) is 10.9. The maximum atomic E-state index is 13.2. The van der Waals surface area contributed by atoms with Gasteiger partial charge in [-0.25, -0.2) is 0 Å². The standard InChI is InChI=1S/C20H28O3/c1-12(21)23-16-8-7-13-17-14(9-11-20(13,16)3)19(2)10-5-4-6-15(19)18(17)22/h6,13-14,16-17H,4-5,7-11H2,1-3H3/t13-,14-,16-,17-,19+,20-/m0/s1. The van der Waals surface area contributed by atoms with Crippen molar-refractivity contribution in [2.24, 2.45) is 28.6 Å². The van der Waals surface area contributed by atoms with Crippen molar-refractivity contribution in [1.82, 2.24) is 0 Å². The lowest BCUT2D eigenvalue weighted by Crippen LogP contribution is -2.46. The number of fused-ring (bicyclic) bond motifs is 5. The van der Waals surface area contributed by atoms with Crippen molar-refractivity contribution >= 4 is 11.8 Å². The smallest absolute Gasteiger partial charge is 0.302 e. The van der Waals surface area contributed by atoms with E-state index in [1.165, 1.54) is 19.8 Å². The Labute approximate surface area is 138 Å². The molecule has 4 rings (SSSR count). The highest BCUT2D eigenvalue weighted by Gasteiger charge is 2.64. The molecular formula is C20H28O3. The second-order valence-electron chi connectivity index (χ2n) is 8.75. The second-order valence-corrected chi connectivity index (χ2v) is 8.75. The molecule has 3 fully saturated rings. The van der Waals surface area contributed by atoms with Gasteiger partial charge in [0.25, 0.3) is 0 Å². The molecule has 0 aromatic rings. The number of Topliss-reactive ketones (excluding diaryl/α,β-unsaturated/α-hetero) is 1. The van der Waals surface area contributed by atoms with Crippen molar-refractivity contribution in [3.05, 3.63) is 11.6 Å². The molecule has 3 nitrogen and oxygen atoms in total. The van der Waals surface area contributed by atoms with Gasteiger partial charge in [0, 0.05) is 18.3 Å². The predicted octanol–water partition coefficient (Wildman–Crippen LogP) is 4.06. The van der Waals surface area contributed by atoms with E-state index in [9.17, 15) is 9.59 Å². The fraction of sp³-hybridized carbons (Fsp3) is 0.800. The third-order valence-corrected chi connectivity index (χ3v) is 7.74. The summed E-state index contributed by atoms with van der Waals surface area (Å²) >= 11 is 0. The number of esters is 1. The van der Waals surface area contributed by atoms with Gasteiger partial charge in [-0.1, -0.05) is 19.9 Å². The van der Waals surface area contributed by atoms with Crippen LogP contribution in [-0.4, -0.2) is 17.9 Å².